The lowest BCUT2D eigenvalue weighted by molar-refractivity contribution is -0.117. The van der Waals surface area contributed by atoms with Gasteiger partial charge in [-0.2, -0.15) is 0 Å². The third kappa shape index (κ3) is 4.67. The summed E-state index contributed by atoms with van der Waals surface area (Å²) in [6, 6.07) is 1.81. The molecule has 0 atom stereocenters. The lowest BCUT2D eigenvalue weighted by atomic mass is 10.3. The summed E-state index contributed by atoms with van der Waals surface area (Å²) in [4.78, 5) is 19.3. The number of primary amides is 1. The van der Waals surface area contributed by atoms with Crippen LogP contribution in [0.5, 0.6) is 0 Å². The van der Waals surface area contributed by atoms with Crippen LogP contribution in [0, 0.1) is 0 Å². The van der Waals surface area contributed by atoms with E-state index >= 15 is 0 Å². The van der Waals surface area contributed by atoms with Crippen molar-refractivity contribution >= 4 is 17.5 Å². The summed E-state index contributed by atoms with van der Waals surface area (Å²) >= 11 is 0. The van der Waals surface area contributed by atoms with E-state index in [1.54, 1.807) is 6.07 Å². The zero-order valence-electron chi connectivity index (χ0n) is 10.3. The molecular formula is C11H19N5O. The summed E-state index contributed by atoms with van der Waals surface area (Å²) in [5, 5.41) is 6.04. The van der Waals surface area contributed by atoms with Crippen molar-refractivity contribution < 1.29 is 4.79 Å². The first kappa shape index (κ1) is 13.2. The van der Waals surface area contributed by atoms with Crippen molar-refractivity contribution in [2.24, 2.45) is 5.73 Å². The zero-order chi connectivity index (χ0) is 12.7. The molecule has 94 valence electrons. The molecule has 1 aromatic heterocycles. The Bertz CT molecular complexity index is 380. The van der Waals surface area contributed by atoms with Gasteiger partial charge in [0.1, 0.15) is 17.5 Å². The molecule has 0 bridgehead atoms. The van der Waals surface area contributed by atoms with Crippen molar-refractivity contribution in [3.05, 3.63) is 11.9 Å². The smallest absolute Gasteiger partial charge is 0.219 e. The normalized spacial score (nSPS) is 10.0. The fourth-order valence-corrected chi connectivity index (χ4v) is 1.36. The Labute approximate surface area is 101 Å². The SMILES string of the molecule is CCCc1nc(NC)cc(NCCC(N)=O)n1. The van der Waals surface area contributed by atoms with Gasteiger partial charge < -0.3 is 16.4 Å². The molecule has 0 saturated heterocycles. The number of carbonyl (C=O) groups excluding carboxylic acids is 1. The average molecular weight is 237 g/mol. The maximum absolute atomic E-state index is 10.6. The standard InChI is InChI=1S/C11H19N5O/c1-3-4-9-15-10(13-2)7-11(16-9)14-6-5-8(12)17/h7H,3-6H2,1-2H3,(H2,12,17)(H2,13,14,15,16). The second-order valence-electron chi connectivity index (χ2n) is 3.70. The third-order valence-electron chi connectivity index (χ3n) is 2.18. The first-order valence-electron chi connectivity index (χ1n) is 5.73. The highest BCUT2D eigenvalue weighted by molar-refractivity contribution is 5.74. The van der Waals surface area contributed by atoms with E-state index in [0.717, 1.165) is 24.5 Å². The number of carbonyl (C=O) groups is 1. The van der Waals surface area contributed by atoms with E-state index < -0.39 is 0 Å². The van der Waals surface area contributed by atoms with Crippen LogP contribution in [0.2, 0.25) is 0 Å². The van der Waals surface area contributed by atoms with Gasteiger partial charge in [0, 0.05) is 32.5 Å². The molecule has 6 nitrogen and oxygen atoms in total. The minimum Gasteiger partial charge on any atom is -0.373 e. The van der Waals surface area contributed by atoms with Gasteiger partial charge in [-0.3, -0.25) is 4.79 Å². The predicted molar refractivity (Wildman–Crippen MR) is 67.9 cm³/mol. The van der Waals surface area contributed by atoms with Crippen LogP contribution in [0.1, 0.15) is 25.6 Å². The molecule has 0 aromatic carbocycles. The number of amides is 1. The summed E-state index contributed by atoms with van der Waals surface area (Å²) < 4.78 is 0. The van der Waals surface area contributed by atoms with Crippen LogP contribution < -0.4 is 16.4 Å². The Kier molecular flexibility index (Phi) is 5.19. The molecule has 1 heterocycles. The molecular weight excluding hydrogens is 218 g/mol. The number of aryl methyl sites for hydroxylation is 1. The summed E-state index contributed by atoms with van der Waals surface area (Å²) in [5.74, 6) is 1.95. The maximum atomic E-state index is 10.6. The fraction of sp³-hybridized carbons (Fsp3) is 0.545. The highest BCUT2D eigenvalue weighted by atomic mass is 16.1. The summed E-state index contributed by atoms with van der Waals surface area (Å²) in [7, 11) is 1.81. The lowest BCUT2D eigenvalue weighted by Gasteiger charge is -2.08. The number of hydrogen-bond donors (Lipinski definition) is 3. The van der Waals surface area contributed by atoms with Crippen LogP contribution in [-0.4, -0.2) is 29.5 Å². The van der Waals surface area contributed by atoms with Gasteiger partial charge in [0.2, 0.25) is 5.91 Å². The maximum Gasteiger partial charge on any atom is 0.219 e. The molecule has 0 aliphatic rings. The number of rotatable bonds is 7. The molecule has 0 aliphatic heterocycles. The van der Waals surface area contributed by atoms with Crippen LogP contribution in [0.15, 0.2) is 6.07 Å². The van der Waals surface area contributed by atoms with Crippen LogP contribution in [0.3, 0.4) is 0 Å². The van der Waals surface area contributed by atoms with Gasteiger partial charge in [0.25, 0.3) is 0 Å². The number of nitrogens with two attached hydrogens (primary N) is 1. The molecule has 0 unspecified atom stereocenters. The Morgan fingerprint density at radius 2 is 2.12 bits per heavy atom. The fourth-order valence-electron chi connectivity index (χ4n) is 1.36. The highest BCUT2D eigenvalue weighted by Crippen LogP contribution is 2.11. The van der Waals surface area contributed by atoms with E-state index in [9.17, 15) is 4.79 Å². The van der Waals surface area contributed by atoms with E-state index in [1.807, 2.05) is 7.05 Å². The van der Waals surface area contributed by atoms with Gasteiger partial charge in [-0.05, 0) is 6.42 Å². The lowest BCUT2D eigenvalue weighted by Crippen LogP contribution is -2.16. The van der Waals surface area contributed by atoms with Crippen molar-refractivity contribution in [2.75, 3.05) is 24.2 Å². The van der Waals surface area contributed by atoms with Crippen LogP contribution in [0.25, 0.3) is 0 Å². The number of aromatic nitrogens is 2. The Hall–Kier alpha value is -1.85. The number of nitrogens with one attached hydrogen (secondary N) is 2. The first-order valence-corrected chi connectivity index (χ1v) is 5.73. The second kappa shape index (κ2) is 6.67. The number of anilines is 2. The van der Waals surface area contributed by atoms with Crippen molar-refractivity contribution in [1.29, 1.82) is 0 Å². The van der Waals surface area contributed by atoms with E-state index in [2.05, 4.69) is 27.5 Å². The molecule has 6 heteroatoms. The van der Waals surface area contributed by atoms with Gasteiger partial charge in [0.05, 0.1) is 0 Å². The molecule has 1 aromatic rings. The Morgan fingerprint density at radius 1 is 1.41 bits per heavy atom. The molecule has 0 spiro atoms. The van der Waals surface area contributed by atoms with Crippen LogP contribution >= 0.6 is 0 Å². The molecule has 1 amide bonds. The molecule has 0 fully saturated rings. The van der Waals surface area contributed by atoms with Crippen molar-refractivity contribution in [1.82, 2.24) is 9.97 Å². The number of hydrogen-bond acceptors (Lipinski definition) is 5. The van der Waals surface area contributed by atoms with Crippen LogP contribution in [-0.2, 0) is 11.2 Å². The topological polar surface area (TPSA) is 92.9 Å². The van der Waals surface area contributed by atoms with E-state index in [4.69, 9.17) is 5.73 Å². The van der Waals surface area contributed by atoms with E-state index in [0.29, 0.717) is 18.8 Å². The van der Waals surface area contributed by atoms with Gasteiger partial charge in [-0.15, -0.1) is 0 Å². The zero-order valence-corrected chi connectivity index (χ0v) is 10.3. The van der Waals surface area contributed by atoms with Gasteiger partial charge in [0.15, 0.2) is 0 Å². The minimum atomic E-state index is -0.325. The second-order valence-corrected chi connectivity index (χ2v) is 3.70. The van der Waals surface area contributed by atoms with Gasteiger partial charge in [-0.1, -0.05) is 6.92 Å². The predicted octanol–water partition coefficient (Wildman–Crippen LogP) is 0.758. The minimum absolute atomic E-state index is 0.294. The molecule has 0 radical (unpaired) electrons. The summed E-state index contributed by atoms with van der Waals surface area (Å²) in [5.41, 5.74) is 5.07. The van der Waals surface area contributed by atoms with Crippen LogP contribution in [0.4, 0.5) is 11.6 Å². The number of nitrogens with zero attached hydrogens (tertiary/aromatic N) is 2. The van der Waals surface area contributed by atoms with Crippen molar-refractivity contribution in [2.45, 2.75) is 26.2 Å². The Morgan fingerprint density at radius 3 is 2.71 bits per heavy atom. The van der Waals surface area contributed by atoms with E-state index in [1.165, 1.54) is 0 Å². The average Bonchev–Trinajstić information content (AvgIpc) is 2.28. The molecule has 4 N–H and O–H groups in total. The molecule has 1 rings (SSSR count). The highest BCUT2D eigenvalue weighted by Gasteiger charge is 2.03. The molecule has 0 aliphatic carbocycles. The monoisotopic (exact) mass is 237 g/mol. The first-order chi connectivity index (χ1) is 8.15. The van der Waals surface area contributed by atoms with E-state index in [-0.39, 0.29) is 5.91 Å². The van der Waals surface area contributed by atoms with Crippen molar-refractivity contribution in [3.8, 4) is 0 Å². The Balaban J connectivity index is 2.69. The third-order valence-corrected chi connectivity index (χ3v) is 2.18. The summed E-state index contributed by atoms with van der Waals surface area (Å²) in [6.45, 7) is 2.57. The van der Waals surface area contributed by atoms with Gasteiger partial charge >= 0.3 is 0 Å². The largest absolute Gasteiger partial charge is 0.373 e. The summed E-state index contributed by atoms with van der Waals surface area (Å²) in [6.07, 6.45) is 2.12. The van der Waals surface area contributed by atoms with Gasteiger partial charge in [-0.25, -0.2) is 9.97 Å². The molecule has 0 saturated carbocycles. The van der Waals surface area contributed by atoms with Crippen molar-refractivity contribution in [3.63, 3.8) is 0 Å². The molecule has 17 heavy (non-hydrogen) atoms. The quantitative estimate of drug-likeness (QED) is 0.651.